The lowest BCUT2D eigenvalue weighted by Crippen LogP contribution is -2.20. The van der Waals surface area contributed by atoms with Gasteiger partial charge < -0.3 is 10.0 Å². The SMILES string of the molecule is C=CC1=C(C)CC(B(O)O)C=C1. The van der Waals surface area contributed by atoms with Crippen LogP contribution in [0.25, 0.3) is 0 Å². The van der Waals surface area contributed by atoms with Gasteiger partial charge in [-0.3, -0.25) is 0 Å². The third-order valence-corrected chi connectivity index (χ3v) is 2.16. The van der Waals surface area contributed by atoms with Crippen LogP contribution in [0.1, 0.15) is 13.3 Å². The van der Waals surface area contributed by atoms with E-state index in [1.54, 1.807) is 6.08 Å². The molecule has 0 aliphatic heterocycles. The van der Waals surface area contributed by atoms with E-state index in [2.05, 4.69) is 6.58 Å². The maximum atomic E-state index is 8.91. The van der Waals surface area contributed by atoms with Crippen molar-refractivity contribution >= 4 is 7.12 Å². The Hall–Kier alpha value is -0.795. The van der Waals surface area contributed by atoms with E-state index in [9.17, 15) is 0 Å². The van der Waals surface area contributed by atoms with Gasteiger partial charge in [0.2, 0.25) is 0 Å². The fourth-order valence-electron chi connectivity index (χ4n) is 1.36. The molecule has 0 amide bonds. The van der Waals surface area contributed by atoms with Gasteiger partial charge in [-0.05, 0) is 18.9 Å². The summed E-state index contributed by atoms with van der Waals surface area (Å²) in [6, 6.07) is 0. The first-order valence-corrected chi connectivity index (χ1v) is 4.01. The van der Waals surface area contributed by atoms with Crippen LogP contribution in [0.4, 0.5) is 0 Å². The maximum absolute atomic E-state index is 8.91. The van der Waals surface area contributed by atoms with Crippen LogP contribution in [-0.2, 0) is 0 Å². The van der Waals surface area contributed by atoms with Crippen LogP contribution >= 0.6 is 0 Å². The molecule has 0 saturated carbocycles. The highest BCUT2D eigenvalue weighted by Crippen LogP contribution is 2.28. The number of allylic oxidation sites excluding steroid dienone is 5. The van der Waals surface area contributed by atoms with Gasteiger partial charge in [0.05, 0.1) is 0 Å². The first-order chi connectivity index (χ1) is 5.65. The summed E-state index contributed by atoms with van der Waals surface area (Å²) in [7, 11) is -1.25. The second kappa shape index (κ2) is 3.74. The van der Waals surface area contributed by atoms with Crippen molar-refractivity contribution in [3.8, 4) is 0 Å². The van der Waals surface area contributed by atoms with E-state index in [0.29, 0.717) is 6.42 Å². The number of hydrogen-bond acceptors (Lipinski definition) is 2. The normalized spacial score (nSPS) is 22.8. The minimum atomic E-state index is -1.25. The van der Waals surface area contributed by atoms with Crippen LogP contribution in [0.5, 0.6) is 0 Å². The molecule has 0 aromatic carbocycles. The highest BCUT2D eigenvalue weighted by molar-refractivity contribution is 6.44. The van der Waals surface area contributed by atoms with Crippen molar-refractivity contribution in [1.82, 2.24) is 0 Å². The molecule has 0 bridgehead atoms. The van der Waals surface area contributed by atoms with E-state index in [1.807, 2.05) is 19.1 Å². The molecule has 0 saturated heterocycles. The predicted octanol–water partition coefficient (Wildman–Crippen LogP) is 1.29. The van der Waals surface area contributed by atoms with Gasteiger partial charge in [-0.2, -0.15) is 0 Å². The van der Waals surface area contributed by atoms with Crippen molar-refractivity contribution in [3.05, 3.63) is 36.0 Å². The van der Waals surface area contributed by atoms with Gasteiger partial charge in [0.15, 0.2) is 0 Å². The highest BCUT2D eigenvalue weighted by atomic mass is 16.4. The van der Waals surface area contributed by atoms with Crippen LogP contribution in [0.3, 0.4) is 0 Å². The number of rotatable bonds is 2. The van der Waals surface area contributed by atoms with E-state index in [4.69, 9.17) is 10.0 Å². The van der Waals surface area contributed by atoms with Crippen molar-refractivity contribution < 1.29 is 10.0 Å². The standard InChI is InChI=1S/C9H13BO2/c1-3-8-4-5-9(10(11)12)6-7(8)2/h3-5,9,11-12H,1,6H2,2H3. The second-order valence-corrected chi connectivity index (χ2v) is 3.08. The molecular weight excluding hydrogens is 151 g/mol. The topological polar surface area (TPSA) is 40.5 Å². The van der Waals surface area contributed by atoms with Gasteiger partial charge in [-0.15, -0.1) is 0 Å². The Morgan fingerprint density at radius 2 is 2.33 bits per heavy atom. The molecular formula is C9H13BO2. The van der Waals surface area contributed by atoms with E-state index in [0.717, 1.165) is 11.1 Å². The molecule has 0 aromatic rings. The molecule has 64 valence electrons. The summed E-state index contributed by atoms with van der Waals surface area (Å²) < 4.78 is 0. The van der Waals surface area contributed by atoms with Gasteiger partial charge in [-0.1, -0.05) is 30.4 Å². The van der Waals surface area contributed by atoms with Crippen LogP contribution in [-0.4, -0.2) is 17.2 Å². The van der Waals surface area contributed by atoms with Gasteiger partial charge >= 0.3 is 7.12 Å². The van der Waals surface area contributed by atoms with Crippen molar-refractivity contribution in [2.45, 2.75) is 19.2 Å². The Morgan fingerprint density at radius 1 is 1.67 bits per heavy atom. The van der Waals surface area contributed by atoms with Crippen LogP contribution in [0.2, 0.25) is 5.82 Å². The van der Waals surface area contributed by atoms with Crippen LogP contribution in [0, 0.1) is 0 Å². The summed E-state index contributed by atoms with van der Waals surface area (Å²) in [5.74, 6) is -0.159. The highest BCUT2D eigenvalue weighted by Gasteiger charge is 2.23. The number of hydrogen-bond donors (Lipinski definition) is 2. The van der Waals surface area contributed by atoms with E-state index >= 15 is 0 Å². The lowest BCUT2D eigenvalue weighted by atomic mass is 9.67. The quantitative estimate of drug-likeness (QED) is 0.603. The average molecular weight is 164 g/mol. The Morgan fingerprint density at radius 3 is 2.75 bits per heavy atom. The molecule has 1 aliphatic rings. The van der Waals surface area contributed by atoms with Gasteiger partial charge in [0.25, 0.3) is 0 Å². The van der Waals surface area contributed by atoms with Gasteiger partial charge in [-0.25, -0.2) is 0 Å². The van der Waals surface area contributed by atoms with Crippen molar-refractivity contribution in [3.63, 3.8) is 0 Å². The lowest BCUT2D eigenvalue weighted by Gasteiger charge is -2.17. The first kappa shape index (κ1) is 9.29. The molecule has 2 nitrogen and oxygen atoms in total. The smallest absolute Gasteiger partial charge is 0.427 e. The van der Waals surface area contributed by atoms with E-state index in [1.165, 1.54) is 0 Å². The zero-order valence-electron chi connectivity index (χ0n) is 7.20. The summed E-state index contributed by atoms with van der Waals surface area (Å²) in [6.45, 7) is 5.65. The Kier molecular flexibility index (Phi) is 2.90. The maximum Gasteiger partial charge on any atom is 0.459 e. The third-order valence-electron chi connectivity index (χ3n) is 2.16. The van der Waals surface area contributed by atoms with Crippen molar-refractivity contribution in [2.75, 3.05) is 0 Å². The Labute approximate surface area is 73.1 Å². The largest absolute Gasteiger partial charge is 0.459 e. The van der Waals surface area contributed by atoms with Gasteiger partial charge in [0.1, 0.15) is 0 Å². The molecule has 1 aliphatic carbocycles. The molecule has 1 rings (SSSR count). The molecule has 1 unspecified atom stereocenters. The summed E-state index contributed by atoms with van der Waals surface area (Å²) >= 11 is 0. The van der Waals surface area contributed by atoms with Crippen molar-refractivity contribution in [1.29, 1.82) is 0 Å². The molecule has 3 heteroatoms. The molecule has 0 aromatic heterocycles. The molecule has 12 heavy (non-hydrogen) atoms. The second-order valence-electron chi connectivity index (χ2n) is 3.08. The molecule has 0 fully saturated rings. The molecule has 0 spiro atoms. The average Bonchev–Trinajstić information content (AvgIpc) is 2.04. The third kappa shape index (κ3) is 1.87. The summed E-state index contributed by atoms with van der Waals surface area (Å²) in [6.07, 6.45) is 6.19. The van der Waals surface area contributed by atoms with Gasteiger partial charge in [0, 0.05) is 5.82 Å². The zero-order valence-corrected chi connectivity index (χ0v) is 7.20. The summed E-state index contributed by atoms with van der Waals surface area (Å²) in [5, 5.41) is 17.8. The van der Waals surface area contributed by atoms with Crippen molar-refractivity contribution in [2.24, 2.45) is 0 Å². The minimum Gasteiger partial charge on any atom is -0.427 e. The lowest BCUT2D eigenvalue weighted by molar-refractivity contribution is 0.393. The van der Waals surface area contributed by atoms with E-state index < -0.39 is 7.12 Å². The Balaban J connectivity index is 2.74. The fourth-order valence-corrected chi connectivity index (χ4v) is 1.36. The Bertz CT molecular complexity index is 241. The van der Waals surface area contributed by atoms with Crippen LogP contribution in [0.15, 0.2) is 36.0 Å². The summed E-state index contributed by atoms with van der Waals surface area (Å²) in [4.78, 5) is 0. The molecule has 0 radical (unpaired) electrons. The molecule has 2 N–H and O–H groups in total. The monoisotopic (exact) mass is 164 g/mol. The zero-order chi connectivity index (χ0) is 9.14. The fraction of sp³-hybridized carbons (Fsp3) is 0.333. The summed E-state index contributed by atoms with van der Waals surface area (Å²) in [5.41, 5.74) is 2.25. The van der Waals surface area contributed by atoms with Crippen LogP contribution < -0.4 is 0 Å². The minimum absolute atomic E-state index is 0.159. The predicted molar refractivity (Wildman–Crippen MR) is 50.6 cm³/mol. The first-order valence-electron chi connectivity index (χ1n) is 4.01. The molecule has 0 heterocycles. The molecule has 1 atom stereocenters. The van der Waals surface area contributed by atoms with E-state index in [-0.39, 0.29) is 5.82 Å².